The molecule has 0 radical (unpaired) electrons. The van der Waals surface area contributed by atoms with Crippen molar-refractivity contribution in [3.63, 3.8) is 0 Å². The zero-order chi connectivity index (χ0) is 25.0. The molecule has 0 saturated carbocycles. The number of hydrogen-bond acceptors (Lipinski definition) is 4. The average molecular weight is 478 g/mol. The van der Waals surface area contributed by atoms with Crippen molar-refractivity contribution in [1.29, 1.82) is 0 Å². The molecule has 6 heteroatoms. The molecule has 1 aliphatic rings. The summed E-state index contributed by atoms with van der Waals surface area (Å²) >= 11 is 1.31. The van der Waals surface area contributed by atoms with Gasteiger partial charge < -0.3 is 4.90 Å². The minimum absolute atomic E-state index is 0.0377. The third kappa shape index (κ3) is 5.98. The molecule has 2 aromatic rings. The quantitative estimate of drug-likeness (QED) is 0.444. The molecular weight excluding hydrogens is 442 g/mol. The number of anilines is 1. The van der Waals surface area contributed by atoms with E-state index in [4.69, 9.17) is 0 Å². The van der Waals surface area contributed by atoms with E-state index in [9.17, 15) is 9.59 Å². The largest absolute Gasteiger partial charge is 0.337 e. The molecule has 0 unspecified atom stereocenters. The van der Waals surface area contributed by atoms with Gasteiger partial charge in [-0.3, -0.25) is 14.5 Å². The molecule has 5 nitrogen and oxygen atoms in total. The van der Waals surface area contributed by atoms with Gasteiger partial charge >= 0.3 is 0 Å². The number of carbonyl (C=O) groups is 2. The van der Waals surface area contributed by atoms with Crippen molar-refractivity contribution in [2.45, 2.75) is 66.5 Å². The summed E-state index contributed by atoms with van der Waals surface area (Å²) in [5, 5.41) is 0.528. The van der Waals surface area contributed by atoms with Gasteiger partial charge in [0.15, 0.2) is 5.17 Å². The molecule has 1 aliphatic heterocycles. The number of hydrogen-bond donors (Lipinski definition) is 0. The normalized spacial score (nSPS) is 15.1. The Kier molecular flexibility index (Phi) is 8.37. The second-order valence-corrected chi connectivity index (χ2v) is 10.4. The number of aliphatic imine (C=N–C) groups is 1. The summed E-state index contributed by atoms with van der Waals surface area (Å²) in [4.78, 5) is 34.5. The van der Waals surface area contributed by atoms with Gasteiger partial charge in [0.05, 0.1) is 11.4 Å². The molecule has 0 aromatic heterocycles. The number of thioether (sulfide) groups is 1. The summed E-state index contributed by atoms with van der Waals surface area (Å²) in [7, 11) is 0. The zero-order valence-electron chi connectivity index (χ0n) is 21.2. The zero-order valence-corrected chi connectivity index (χ0v) is 22.0. The summed E-state index contributed by atoms with van der Waals surface area (Å²) < 4.78 is 0. The molecule has 0 atom stereocenters. The van der Waals surface area contributed by atoms with Crippen LogP contribution in [0.3, 0.4) is 0 Å². The van der Waals surface area contributed by atoms with Crippen LogP contribution in [0.15, 0.2) is 59.2 Å². The minimum atomic E-state index is -0.184. The Morgan fingerprint density at radius 2 is 1.56 bits per heavy atom. The topological polar surface area (TPSA) is 53.0 Å². The van der Waals surface area contributed by atoms with Crippen molar-refractivity contribution in [2.24, 2.45) is 4.99 Å². The molecule has 3 rings (SSSR count). The minimum Gasteiger partial charge on any atom is -0.337 e. The monoisotopic (exact) mass is 477 g/mol. The molecule has 0 saturated heterocycles. The van der Waals surface area contributed by atoms with E-state index in [1.165, 1.54) is 17.3 Å². The van der Waals surface area contributed by atoms with Crippen LogP contribution in [0.25, 0.3) is 6.08 Å². The maximum absolute atomic E-state index is 13.4. The summed E-state index contributed by atoms with van der Waals surface area (Å²) in [6.07, 6.45) is 1.82. The first-order valence-electron chi connectivity index (χ1n) is 11.8. The van der Waals surface area contributed by atoms with Gasteiger partial charge in [0.1, 0.15) is 5.70 Å². The molecule has 0 spiro atoms. The standard InChI is InChI=1S/C28H35N3O2S/c1-18(2)23-12-10-22(11-13-23)16-25-27(33)31(24-14-8-21(7)9-15-24)28(29-25)34-17-26(32)30(19(3)4)20(5)6/h8-16,18-20H,17H2,1-7H3. The average Bonchev–Trinajstić information content (AvgIpc) is 3.07. The molecule has 0 fully saturated rings. The van der Waals surface area contributed by atoms with Crippen molar-refractivity contribution in [3.8, 4) is 0 Å². The van der Waals surface area contributed by atoms with E-state index in [0.29, 0.717) is 16.8 Å². The third-order valence-electron chi connectivity index (χ3n) is 5.75. The van der Waals surface area contributed by atoms with E-state index < -0.39 is 0 Å². The van der Waals surface area contributed by atoms with Crippen molar-refractivity contribution in [3.05, 3.63) is 70.9 Å². The first-order valence-corrected chi connectivity index (χ1v) is 12.8. The Morgan fingerprint density at radius 3 is 2.09 bits per heavy atom. The molecule has 0 bridgehead atoms. The fourth-order valence-corrected chi connectivity index (χ4v) is 4.90. The predicted molar refractivity (Wildman–Crippen MR) is 144 cm³/mol. The number of amides is 2. The van der Waals surface area contributed by atoms with Crippen molar-refractivity contribution < 1.29 is 9.59 Å². The summed E-state index contributed by atoms with van der Waals surface area (Å²) in [6, 6.07) is 16.2. The Labute approximate surface area is 207 Å². The SMILES string of the molecule is Cc1ccc(N2C(=O)C(=Cc3ccc(C(C)C)cc3)N=C2SCC(=O)N(C(C)C)C(C)C)cc1. The molecular formula is C28H35N3O2S. The number of rotatable bonds is 7. The molecule has 34 heavy (non-hydrogen) atoms. The van der Waals surface area contributed by atoms with Crippen LogP contribution < -0.4 is 4.90 Å². The van der Waals surface area contributed by atoms with Crippen molar-refractivity contribution in [1.82, 2.24) is 4.90 Å². The fourth-order valence-electron chi connectivity index (χ4n) is 4.02. The number of carbonyl (C=O) groups excluding carboxylic acids is 2. The molecule has 2 aromatic carbocycles. The highest BCUT2D eigenvalue weighted by Crippen LogP contribution is 2.30. The van der Waals surface area contributed by atoms with E-state index in [0.717, 1.165) is 16.8 Å². The van der Waals surface area contributed by atoms with Gasteiger partial charge in [0.2, 0.25) is 5.91 Å². The van der Waals surface area contributed by atoms with E-state index in [-0.39, 0.29) is 29.7 Å². The van der Waals surface area contributed by atoms with Gasteiger partial charge in [-0.2, -0.15) is 0 Å². The van der Waals surface area contributed by atoms with Crippen LogP contribution in [-0.2, 0) is 9.59 Å². The molecule has 0 N–H and O–H groups in total. The third-order valence-corrected chi connectivity index (χ3v) is 6.68. The lowest BCUT2D eigenvalue weighted by atomic mass is 10.0. The highest BCUT2D eigenvalue weighted by molar-refractivity contribution is 8.14. The first-order chi connectivity index (χ1) is 16.1. The molecule has 180 valence electrons. The van der Waals surface area contributed by atoms with Crippen LogP contribution in [0.4, 0.5) is 5.69 Å². The van der Waals surface area contributed by atoms with Crippen LogP contribution in [0.1, 0.15) is 64.2 Å². The highest BCUT2D eigenvalue weighted by Gasteiger charge is 2.33. The summed E-state index contributed by atoms with van der Waals surface area (Å²) in [5.74, 6) is 0.523. The van der Waals surface area contributed by atoms with Crippen LogP contribution in [0, 0.1) is 6.92 Å². The van der Waals surface area contributed by atoms with Gasteiger partial charge in [0, 0.05) is 12.1 Å². The van der Waals surface area contributed by atoms with E-state index in [1.807, 2.05) is 82.0 Å². The number of benzene rings is 2. The lowest BCUT2D eigenvalue weighted by Crippen LogP contribution is -2.43. The van der Waals surface area contributed by atoms with Crippen LogP contribution >= 0.6 is 11.8 Å². The van der Waals surface area contributed by atoms with E-state index in [2.05, 4.69) is 31.0 Å². The fraction of sp³-hybridized carbons (Fsp3) is 0.393. The first kappa shape index (κ1) is 25.8. The molecule has 2 amide bonds. The summed E-state index contributed by atoms with van der Waals surface area (Å²) in [6.45, 7) is 14.4. The lowest BCUT2D eigenvalue weighted by molar-refractivity contribution is -0.131. The van der Waals surface area contributed by atoms with Crippen LogP contribution in [0.2, 0.25) is 0 Å². The lowest BCUT2D eigenvalue weighted by Gasteiger charge is -2.30. The summed E-state index contributed by atoms with van der Waals surface area (Å²) in [5.41, 5.74) is 4.41. The number of amidine groups is 1. The van der Waals surface area contributed by atoms with Gasteiger partial charge in [0.25, 0.3) is 5.91 Å². The van der Waals surface area contributed by atoms with E-state index >= 15 is 0 Å². The molecule has 1 heterocycles. The van der Waals surface area contributed by atoms with Gasteiger partial charge in [-0.05, 0) is 69.9 Å². The predicted octanol–water partition coefficient (Wildman–Crippen LogP) is 6.24. The molecule has 0 aliphatic carbocycles. The maximum Gasteiger partial charge on any atom is 0.283 e. The van der Waals surface area contributed by atoms with Gasteiger partial charge in [-0.1, -0.05) is 67.6 Å². The number of aryl methyl sites for hydroxylation is 1. The van der Waals surface area contributed by atoms with Crippen molar-refractivity contribution >= 4 is 40.5 Å². The smallest absolute Gasteiger partial charge is 0.283 e. The Morgan fingerprint density at radius 1 is 0.971 bits per heavy atom. The second-order valence-electron chi connectivity index (χ2n) is 9.50. The maximum atomic E-state index is 13.4. The van der Waals surface area contributed by atoms with Crippen LogP contribution in [0.5, 0.6) is 0 Å². The number of nitrogens with zero attached hydrogens (tertiary/aromatic N) is 3. The Balaban J connectivity index is 1.90. The van der Waals surface area contributed by atoms with Gasteiger partial charge in [-0.15, -0.1) is 0 Å². The second kappa shape index (κ2) is 11.0. The van der Waals surface area contributed by atoms with Gasteiger partial charge in [-0.25, -0.2) is 4.99 Å². The van der Waals surface area contributed by atoms with Crippen molar-refractivity contribution in [2.75, 3.05) is 10.7 Å². The van der Waals surface area contributed by atoms with Crippen LogP contribution in [-0.4, -0.2) is 39.7 Å². The Hall–Kier alpha value is -2.86. The highest BCUT2D eigenvalue weighted by atomic mass is 32.2. The Bertz CT molecular complexity index is 1080. The van der Waals surface area contributed by atoms with E-state index in [1.54, 1.807) is 4.90 Å².